The summed E-state index contributed by atoms with van der Waals surface area (Å²) in [6, 6.07) is 111. The van der Waals surface area contributed by atoms with Gasteiger partial charge in [-0.25, -0.2) is 0 Å². The van der Waals surface area contributed by atoms with Gasteiger partial charge in [-0.1, -0.05) is 266 Å². The van der Waals surface area contributed by atoms with Crippen LogP contribution in [-0.2, 0) is 10.8 Å². The molecule has 4 nitrogen and oxygen atoms in total. The SMILES string of the molecule is CC(C)(C)c1cc2c3c(c1)N(c1c(-c4ccccc4)cccc1-c1ccccc1)c1ccccc1B3c1cc3c(cc1N2c1ccccc1)N(c1ccccc1)c1cc(C(C)(C)C)cc2c1B3c1cccc3c4ccccc4c4ccccc4c4ccccc4n-2c13. The van der Waals surface area contributed by atoms with Crippen molar-refractivity contribution in [1.29, 1.82) is 0 Å². The van der Waals surface area contributed by atoms with Gasteiger partial charge in [0.05, 0.1) is 11.2 Å². The smallest absolute Gasteiger partial charge is 0.252 e. The van der Waals surface area contributed by atoms with Gasteiger partial charge in [0, 0.05) is 78.6 Å². The Hall–Kier alpha value is -10.8. The Bertz CT molecular complexity index is 5390. The lowest BCUT2D eigenvalue weighted by Gasteiger charge is -2.47. The lowest BCUT2D eigenvalue weighted by atomic mass is 9.30. The number of benzene rings is 13. The van der Waals surface area contributed by atoms with E-state index in [-0.39, 0.29) is 24.3 Å². The molecule has 0 aliphatic carbocycles. The fraction of sp³-hybridized carbons (Fsp3) is 0.0930. The molecule has 0 bridgehead atoms. The molecule has 92 heavy (non-hydrogen) atoms. The minimum atomic E-state index is -0.218. The van der Waals surface area contributed by atoms with Crippen molar-refractivity contribution in [2.75, 3.05) is 14.7 Å². The van der Waals surface area contributed by atoms with E-state index in [1.807, 2.05) is 0 Å². The van der Waals surface area contributed by atoms with Gasteiger partial charge in [0.15, 0.2) is 0 Å². The molecule has 0 unspecified atom stereocenters. The number of hydrogen-bond donors (Lipinski definition) is 0. The fourth-order valence-electron chi connectivity index (χ4n) is 16.1. The summed E-state index contributed by atoms with van der Waals surface area (Å²) in [4.78, 5) is 7.90. The molecule has 1 aromatic heterocycles. The number of nitrogens with zero attached hydrogens (tertiary/aromatic N) is 4. The zero-order valence-corrected chi connectivity index (χ0v) is 52.7. The van der Waals surface area contributed by atoms with E-state index in [1.54, 1.807) is 0 Å². The van der Waals surface area contributed by atoms with Crippen molar-refractivity contribution in [2.45, 2.75) is 52.4 Å². The van der Waals surface area contributed by atoms with E-state index in [1.165, 1.54) is 149 Å². The van der Waals surface area contributed by atoms with Crippen molar-refractivity contribution in [1.82, 2.24) is 4.57 Å². The Morgan fingerprint density at radius 1 is 0.272 bits per heavy atom. The molecular formula is C86H66B2N4. The lowest BCUT2D eigenvalue weighted by Crippen LogP contribution is -2.65. The summed E-state index contributed by atoms with van der Waals surface area (Å²) in [7, 11) is 0. The second-order valence-electron chi connectivity index (χ2n) is 27.5. The molecule has 18 rings (SSSR count). The first-order valence-corrected chi connectivity index (χ1v) is 32.6. The van der Waals surface area contributed by atoms with Crippen LogP contribution in [0.3, 0.4) is 0 Å². The first-order chi connectivity index (χ1) is 45.0. The summed E-state index contributed by atoms with van der Waals surface area (Å²) in [5, 5.41) is 7.33. The van der Waals surface area contributed by atoms with Crippen LogP contribution in [0.25, 0.3) is 71.3 Å². The van der Waals surface area contributed by atoms with Crippen LogP contribution in [0.15, 0.2) is 291 Å². The minimum absolute atomic E-state index is 0.155. The topological polar surface area (TPSA) is 14.7 Å². The van der Waals surface area contributed by atoms with E-state index in [0.717, 1.165) is 17.1 Å². The second-order valence-corrected chi connectivity index (χ2v) is 27.5. The Balaban J connectivity index is 1.01. The number of para-hydroxylation sites is 6. The molecule has 0 atom stereocenters. The largest absolute Gasteiger partial charge is 0.311 e. The quantitative estimate of drug-likeness (QED) is 0.160. The molecule has 5 heterocycles. The van der Waals surface area contributed by atoms with Crippen molar-refractivity contribution >= 4 is 141 Å². The fourth-order valence-corrected chi connectivity index (χ4v) is 16.1. The highest BCUT2D eigenvalue weighted by molar-refractivity contribution is 7.03. The van der Waals surface area contributed by atoms with E-state index >= 15 is 0 Å². The summed E-state index contributed by atoms with van der Waals surface area (Å²) >= 11 is 0. The summed E-state index contributed by atoms with van der Waals surface area (Å²) < 4.78 is 2.67. The molecular weight excluding hydrogens is 1110 g/mol. The van der Waals surface area contributed by atoms with Crippen LogP contribution in [0.4, 0.5) is 51.2 Å². The number of hydrogen-bond acceptors (Lipinski definition) is 3. The van der Waals surface area contributed by atoms with Gasteiger partial charge in [0.1, 0.15) is 0 Å². The Morgan fingerprint density at radius 3 is 1.21 bits per heavy atom. The molecule has 0 spiro atoms. The van der Waals surface area contributed by atoms with Crippen LogP contribution < -0.4 is 47.5 Å². The monoisotopic (exact) mass is 1180 g/mol. The predicted octanol–water partition coefficient (Wildman–Crippen LogP) is 18.8. The molecule has 4 aliphatic rings. The number of anilines is 9. The highest BCUT2D eigenvalue weighted by atomic mass is 15.2. The van der Waals surface area contributed by atoms with Crippen molar-refractivity contribution in [3.05, 3.63) is 302 Å². The number of aromatic nitrogens is 1. The normalized spacial score (nSPS) is 13.4. The molecule has 13 aromatic carbocycles. The molecule has 4 aliphatic heterocycles. The van der Waals surface area contributed by atoms with Crippen LogP contribution in [-0.4, -0.2) is 18.0 Å². The van der Waals surface area contributed by atoms with Crippen molar-refractivity contribution < 1.29 is 0 Å². The van der Waals surface area contributed by atoms with Crippen molar-refractivity contribution in [3.63, 3.8) is 0 Å². The lowest BCUT2D eigenvalue weighted by molar-refractivity contribution is 0.590. The van der Waals surface area contributed by atoms with Crippen LogP contribution >= 0.6 is 0 Å². The third-order valence-corrected chi connectivity index (χ3v) is 20.2. The first-order valence-electron chi connectivity index (χ1n) is 32.6. The Morgan fingerprint density at radius 2 is 0.663 bits per heavy atom. The van der Waals surface area contributed by atoms with Crippen LogP contribution in [0.5, 0.6) is 0 Å². The predicted molar refractivity (Wildman–Crippen MR) is 395 cm³/mol. The molecule has 0 N–H and O–H groups in total. The van der Waals surface area contributed by atoms with Gasteiger partial charge in [-0.2, -0.15) is 0 Å². The summed E-state index contributed by atoms with van der Waals surface area (Å²) in [5.41, 5.74) is 28.7. The minimum Gasteiger partial charge on any atom is -0.311 e. The summed E-state index contributed by atoms with van der Waals surface area (Å²) in [6.07, 6.45) is 0. The van der Waals surface area contributed by atoms with Gasteiger partial charge in [0.2, 0.25) is 0 Å². The zero-order valence-electron chi connectivity index (χ0n) is 52.7. The molecule has 6 heteroatoms. The summed E-state index contributed by atoms with van der Waals surface area (Å²) in [6.45, 7) is 13.9. The standard InChI is InChI=1S/C86H66B2N4/c1-85(2,3)57-50-78-82-79(51-57)91-73-47-25-23-41-67(73)65-39-21-19-37-63(65)64-38-20-22-40-66(64)68-44-28-46-70(84(68)91)88(82)72-53-71-75(54-76(72)90(78)60-35-17-10-18-36-60)89(59-33-15-9-16-34-59)77-49-58(86(4,5)6)52-80-81(77)87(71)69-45-24-26-48-74(69)92(80)83-61(55-29-11-7-12-30-55)42-27-43-62(83)56-31-13-8-14-32-56/h7-54H,1-6H3. The molecule has 0 saturated carbocycles. The van der Waals surface area contributed by atoms with Gasteiger partial charge in [-0.3, -0.25) is 0 Å². The van der Waals surface area contributed by atoms with Gasteiger partial charge in [0.25, 0.3) is 13.4 Å². The highest BCUT2D eigenvalue weighted by Gasteiger charge is 2.49. The third kappa shape index (κ3) is 8.05. The van der Waals surface area contributed by atoms with Crippen LogP contribution in [0.2, 0.25) is 0 Å². The second kappa shape index (κ2) is 20.4. The molecule has 436 valence electrons. The average Bonchev–Trinajstić information content (AvgIpc) is 0.773. The van der Waals surface area contributed by atoms with Crippen molar-refractivity contribution in [3.8, 4) is 27.9 Å². The maximum absolute atomic E-state index is 2.68. The van der Waals surface area contributed by atoms with Gasteiger partial charge < -0.3 is 19.3 Å². The molecule has 0 radical (unpaired) electrons. The molecule has 0 fully saturated rings. The maximum Gasteiger partial charge on any atom is 0.252 e. The van der Waals surface area contributed by atoms with E-state index in [9.17, 15) is 0 Å². The highest BCUT2D eigenvalue weighted by Crippen LogP contribution is 2.53. The zero-order chi connectivity index (χ0) is 61.7. The van der Waals surface area contributed by atoms with E-state index in [2.05, 4.69) is 352 Å². The summed E-state index contributed by atoms with van der Waals surface area (Å²) in [5.74, 6) is 0. The number of fused-ring (bicyclic) bond motifs is 15. The molecule has 0 saturated heterocycles. The van der Waals surface area contributed by atoms with Gasteiger partial charge in [-0.15, -0.1) is 0 Å². The maximum atomic E-state index is 2.68. The number of rotatable bonds is 5. The third-order valence-electron chi connectivity index (χ3n) is 20.2. The van der Waals surface area contributed by atoms with Crippen LogP contribution in [0.1, 0.15) is 52.7 Å². The van der Waals surface area contributed by atoms with Crippen molar-refractivity contribution in [2.24, 2.45) is 0 Å². The Kier molecular flexibility index (Phi) is 12.0. The molecule has 14 aromatic rings. The van der Waals surface area contributed by atoms with E-state index in [0.29, 0.717) is 0 Å². The average molecular weight is 1180 g/mol. The van der Waals surface area contributed by atoms with Crippen LogP contribution in [0, 0.1) is 0 Å². The van der Waals surface area contributed by atoms with E-state index in [4.69, 9.17) is 0 Å². The Labute approximate surface area is 539 Å². The van der Waals surface area contributed by atoms with Gasteiger partial charge >= 0.3 is 0 Å². The van der Waals surface area contributed by atoms with Gasteiger partial charge in [-0.05, 0) is 154 Å². The first kappa shape index (κ1) is 54.2. The molecule has 0 amide bonds. The van der Waals surface area contributed by atoms with E-state index < -0.39 is 0 Å².